The van der Waals surface area contributed by atoms with Crippen molar-refractivity contribution in [2.24, 2.45) is 16.8 Å². The molecule has 0 radical (unpaired) electrons. The minimum Gasteiger partial charge on any atom is -0.356 e. The molecule has 0 aliphatic carbocycles. The molecule has 0 aromatic carbocycles. The fraction of sp³-hybridized carbons (Fsp3) is 0.882. The zero-order valence-corrected chi connectivity index (χ0v) is 17.6. The molecular formula is C17H35IN4O. The largest absolute Gasteiger partial charge is 0.356 e. The van der Waals surface area contributed by atoms with E-state index in [2.05, 4.69) is 36.4 Å². The fourth-order valence-electron chi connectivity index (χ4n) is 2.80. The Kier molecular flexibility index (Phi) is 12.5. The third kappa shape index (κ3) is 10.0. The molecule has 0 aromatic rings. The SMILES string of the molecule is CN=C(NCCCC(C)C)NCCC(=O)N1CCCC(C)C1.I. The number of carbonyl (C=O) groups is 1. The third-order valence-electron chi connectivity index (χ3n) is 4.12. The van der Waals surface area contributed by atoms with Crippen molar-refractivity contribution in [3.8, 4) is 0 Å². The van der Waals surface area contributed by atoms with Gasteiger partial charge in [0.15, 0.2) is 5.96 Å². The van der Waals surface area contributed by atoms with E-state index in [0.29, 0.717) is 18.9 Å². The number of rotatable bonds is 7. The first-order chi connectivity index (χ1) is 10.5. The normalized spacial score (nSPS) is 18.6. The predicted octanol–water partition coefficient (Wildman–Crippen LogP) is 2.85. The van der Waals surface area contributed by atoms with E-state index in [9.17, 15) is 4.79 Å². The molecule has 5 nitrogen and oxygen atoms in total. The van der Waals surface area contributed by atoms with Crippen molar-refractivity contribution in [2.75, 3.05) is 33.2 Å². The van der Waals surface area contributed by atoms with Gasteiger partial charge in [0, 0.05) is 39.6 Å². The second-order valence-corrected chi connectivity index (χ2v) is 6.80. The second-order valence-electron chi connectivity index (χ2n) is 6.80. The van der Waals surface area contributed by atoms with Gasteiger partial charge in [0.1, 0.15) is 0 Å². The van der Waals surface area contributed by atoms with Gasteiger partial charge in [0.05, 0.1) is 0 Å². The van der Waals surface area contributed by atoms with Gasteiger partial charge in [-0.1, -0.05) is 20.8 Å². The van der Waals surface area contributed by atoms with Crippen LogP contribution in [0.4, 0.5) is 0 Å². The molecule has 1 heterocycles. The van der Waals surface area contributed by atoms with E-state index in [0.717, 1.165) is 44.4 Å². The number of likely N-dealkylation sites (tertiary alicyclic amines) is 1. The van der Waals surface area contributed by atoms with Gasteiger partial charge in [-0.25, -0.2) is 0 Å². The van der Waals surface area contributed by atoms with Gasteiger partial charge in [0.25, 0.3) is 0 Å². The molecule has 2 N–H and O–H groups in total. The summed E-state index contributed by atoms with van der Waals surface area (Å²) in [6.45, 7) is 10.1. The lowest BCUT2D eigenvalue weighted by Gasteiger charge is -2.31. The average Bonchev–Trinajstić information content (AvgIpc) is 2.49. The van der Waals surface area contributed by atoms with E-state index in [-0.39, 0.29) is 29.9 Å². The molecule has 1 saturated heterocycles. The van der Waals surface area contributed by atoms with Crippen molar-refractivity contribution in [2.45, 2.75) is 52.9 Å². The Bertz CT molecular complexity index is 361. The van der Waals surface area contributed by atoms with E-state index < -0.39 is 0 Å². The molecule has 1 aliphatic heterocycles. The molecule has 1 unspecified atom stereocenters. The molecule has 1 atom stereocenters. The molecule has 0 aromatic heterocycles. The first kappa shape index (κ1) is 22.5. The molecule has 0 saturated carbocycles. The van der Waals surface area contributed by atoms with Crippen LogP contribution in [0.15, 0.2) is 4.99 Å². The highest BCUT2D eigenvalue weighted by Gasteiger charge is 2.20. The molecule has 1 amide bonds. The zero-order valence-electron chi connectivity index (χ0n) is 15.2. The van der Waals surface area contributed by atoms with Crippen LogP contribution in [0, 0.1) is 11.8 Å². The summed E-state index contributed by atoms with van der Waals surface area (Å²) in [7, 11) is 1.77. The highest BCUT2D eigenvalue weighted by Crippen LogP contribution is 2.15. The number of aliphatic imine (C=N–C) groups is 1. The summed E-state index contributed by atoms with van der Waals surface area (Å²) < 4.78 is 0. The maximum absolute atomic E-state index is 12.2. The highest BCUT2D eigenvalue weighted by molar-refractivity contribution is 14.0. The van der Waals surface area contributed by atoms with Gasteiger partial charge in [-0.15, -0.1) is 24.0 Å². The van der Waals surface area contributed by atoms with E-state index in [4.69, 9.17) is 0 Å². The highest BCUT2D eigenvalue weighted by atomic mass is 127. The summed E-state index contributed by atoms with van der Waals surface area (Å²) in [5, 5.41) is 6.53. The number of nitrogens with zero attached hydrogens (tertiary/aromatic N) is 2. The Morgan fingerprint density at radius 1 is 1.30 bits per heavy atom. The molecule has 1 rings (SSSR count). The summed E-state index contributed by atoms with van der Waals surface area (Å²) >= 11 is 0. The van der Waals surface area contributed by atoms with Gasteiger partial charge in [-0.2, -0.15) is 0 Å². The first-order valence-electron chi connectivity index (χ1n) is 8.75. The standard InChI is InChI=1S/C17H34N4O.HI/c1-14(2)7-5-10-19-17(18-4)20-11-9-16(22)21-12-6-8-15(3)13-21;/h14-15H,5-13H2,1-4H3,(H2,18,19,20);1H. The molecule has 0 bridgehead atoms. The second kappa shape index (κ2) is 12.8. The minimum atomic E-state index is 0. The monoisotopic (exact) mass is 438 g/mol. The van der Waals surface area contributed by atoms with Gasteiger partial charge < -0.3 is 15.5 Å². The number of piperidine rings is 1. The quantitative estimate of drug-likeness (QED) is 0.278. The van der Waals surface area contributed by atoms with Crippen LogP contribution in [0.5, 0.6) is 0 Å². The lowest BCUT2D eigenvalue weighted by atomic mass is 10.00. The minimum absolute atomic E-state index is 0. The van der Waals surface area contributed by atoms with Crippen LogP contribution in [0.3, 0.4) is 0 Å². The topological polar surface area (TPSA) is 56.7 Å². The number of guanidine groups is 1. The Balaban J connectivity index is 0.00000484. The van der Waals surface area contributed by atoms with Crippen LogP contribution < -0.4 is 10.6 Å². The van der Waals surface area contributed by atoms with Crippen molar-refractivity contribution < 1.29 is 4.79 Å². The Labute approximate surface area is 159 Å². The van der Waals surface area contributed by atoms with Crippen molar-refractivity contribution in [3.05, 3.63) is 0 Å². The van der Waals surface area contributed by atoms with Crippen molar-refractivity contribution in [1.82, 2.24) is 15.5 Å². The summed E-state index contributed by atoms with van der Waals surface area (Å²) in [5.74, 6) is 2.43. The third-order valence-corrected chi connectivity index (χ3v) is 4.12. The van der Waals surface area contributed by atoms with Crippen LogP contribution in [0.1, 0.15) is 52.9 Å². The van der Waals surface area contributed by atoms with Gasteiger partial charge >= 0.3 is 0 Å². The van der Waals surface area contributed by atoms with Crippen LogP contribution in [-0.2, 0) is 4.79 Å². The number of carbonyl (C=O) groups excluding carboxylic acids is 1. The Hall–Kier alpha value is -0.530. The van der Waals surface area contributed by atoms with Crippen LogP contribution in [0.25, 0.3) is 0 Å². The molecular weight excluding hydrogens is 403 g/mol. The van der Waals surface area contributed by atoms with E-state index in [1.807, 2.05) is 4.90 Å². The van der Waals surface area contributed by atoms with Gasteiger partial charge in [0.2, 0.25) is 5.91 Å². The molecule has 1 aliphatic rings. The Morgan fingerprint density at radius 2 is 2.00 bits per heavy atom. The average molecular weight is 438 g/mol. The Morgan fingerprint density at radius 3 is 2.61 bits per heavy atom. The van der Waals surface area contributed by atoms with Crippen molar-refractivity contribution in [3.63, 3.8) is 0 Å². The van der Waals surface area contributed by atoms with Crippen molar-refractivity contribution >= 4 is 35.8 Å². The smallest absolute Gasteiger partial charge is 0.224 e. The summed E-state index contributed by atoms with van der Waals surface area (Å²) in [5.41, 5.74) is 0. The fourth-order valence-corrected chi connectivity index (χ4v) is 2.80. The molecule has 136 valence electrons. The van der Waals surface area contributed by atoms with Crippen LogP contribution in [-0.4, -0.2) is 50.0 Å². The maximum Gasteiger partial charge on any atom is 0.224 e. The van der Waals surface area contributed by atoms with E-state index in [1.54, 1.807) is 7.05 Å². The summed E-state index contributed by atoms with van der Waals surface area (Å²) in [6, 6.07) is 0. The van der Waals surface area contributed by atoms with E-state index in [1.165, 1.54) is 12.8 Å². The maximum atomic E-state index is 12.2. The summed E-state index contributed by atoms with van der Waals surface area (Å²) in [6.07, 6.45) is 5.28. The lowest BCUT2D eigenvalue weighted by molar-refractivity contribution is -0.132. The molecule has 23 heavy (non-hydrogen) atoms. The summed E-state index contributed by atoms with van der Waals surface area (Å²) in [4.78, 5) is 18.4. The number of amides is 1. The molecule has 1 fully saturated rings. The number of halogens is 1. The lowest BCUT2D eigenvalue weighted by Crippen LogP contribution is -2.42. The number of hydrogen-bond donors (Lipinski definition) is 2. The van der Waals surface area contributed by atoms with Crippen LogP contribution in [0.2, 0.25) is 0 Å². The molecule has 0 spiro atoms. The first-order valence-corrected chi connectivity index (χ1v) is 8.75. The molecule has 6 heteroatoms. The number of hydrogen-bond acceptors (Lipinski definition) is 2. The van der Waals surface area contributed by atoms with E-state index >= 15 is 0 Å². The van der Waals surface area contributed by atoms with Gasteiger partial charge in [-0.05, 0) is 37.5 Å². The van der Waals surface area contributed by atoms with Gasteiger partial charge in [-0.3, -0.25) is 9.79 Å². The zero-order chi connectivity index (χ0) is 16.4. The predicted molar refractivity (Wildman–Crippen MR) is 108 cm³/mol. The number of nitrogens with one attached hydrogen (secondary N) is 2. The van der Waals surface area contributed by atoms with Crippen LogP contribution >= 0.6 is 24.0 Å². The van der Waals surface area contributed by atoms with Crippen molar-refractivity contribution in [1.29, 1.82) is 0 Å².